The number of ether oxygens (including phenoxy) is 1. The fourth-order valence-corrected chi connectivity index (χ4v) is 3.66. The third-order valence-corrected chi connectivity index (χ3v) is 5.19. The number of methoxy groups -OCH3 is 1. The van der Waals surface area contributed by atoms with Crippen molar-refractivity contribution in [3.63, 3.8) is 0 Å². The van der Waals surface area contributed by atoms with Crippen molar-refractivity contribution in [3.8, 4) is 0 Å². The number of aromatic nitrogens is 1. The van der Waals surface area contributed by atoms with Gasteiger partial charge in [0, 0.05) is 13.1 Å². The van der Waals surface area contributed by atoms with Crippen LogP contribution < -0.4 is 5.56 Å². The van der Waals surface area contributed by atoms with Gasteiger partial charge < -0.3 is 9.64 Å². The van der Waals surface area contributed by atoms with Crippen LogP contribution in [0, 0.1) is 10.1 Å². The monoisotopic (exact) mass is 399 g/mol. The van der Waals surface area contributed by atoms with Gasteiger partial charge in [-0.3, -0.25) is 24.3 Å². The second-order valence-corrected chi connectivity index (χ2v) is 6.91. The largest absolute Gasteiger partial charge is 0.465 e. The summed E-state index contributed by atoms with van der Waals surface area (Å²) < 4.78 is 5.41. The first-order valence-electron chi connectivity index (χ1n) is 9.14. The molecule has 1 aliphatic carbocycles. The fraction of sp³-hybridized carbons (Fsp3) is 0.350. The number of likely N-dealkylation sites (N-methyl/N-ethyl adjacent to an activating group) is 1. The van der Waals surface area contributed by atoms with E-state index in [1.54, 1.807) is 11.9 Å². The van der Waals surface area contributed by atoms with Gasteiger partial charge in [-0.2, -0.15) is 0 Å². The number of rotatable bonds is 5. The van der Waals surface area contributed by atoms with Gasteiger partial charge in [0.1, 0.15) is 12.1 Å². The number of aryl methyl sites for hydroxylation is 1. The molecule has 1 aromatic carbocycles. The van der Waals surface area contributed by atoms with Crippen molar-refractivity contribution in [2.45, 2.75) is 31.8 Å². The molecule has 1 heterocycles. The highest BCUT2D eigenvalue weighted by molar-refractivity contribution is 5.89. The summed E-state index contributed by atoms with van der Waals surface area (Å²) >= 11 is 0. The van der Waals surface area contributed by atoms with Crippen LogP contribution in [0.3, 0.4) is 0 Å². The molecule has 1 amide bonds. The van der Waals surface area contributed by atoms with E-state index in [-0.39, 0.29) is 11.9 Å². The van der Waals surface area contributed by atoms with Gasteiger partial charge >= 0.3 is 5.97 Å². The van der Waals surface area contributed by atoms with Crippen LogP contribution in [0.2, 0.25) is 0 Å². The Bertz CT molecular complexity index is 1030. The predicted octanol–water partition coefficient (Wildman–Crippen LogP) is 2.08. The minimum atomic E-state index is -0.991. The summed E-state index contributed by atoms with van der Waals surface area (Å²) in [4.78, 5) is 49.2. The Labute approximate surface area is 166 Å². The molecule has 0 radical (unpaired) electrons. The minimum Gasteiger partial charge on any atom is -0.465 e. The number of fused-ring (bicyclic) bond motifs is 1. The summed E-state index contributed by atoms with van der Waals surface area (Å²) in [5.74, 6) is -1.38. The lowest BCUT2D eigenvalue weighted by molar-refractivity contribution is -0.385. The summed E-state index contributed by atoms with van der Waals surface area (Å²) in [5.41, 5.74) is 0.483. The van der Waals surface area contributed by atoms with Crippen LogP contribution in [0.1, 0.15) is 40.4 Å². The first kappa shape index (κ1) is 20.2. The number of nitrogens with zero attached hydrogens (tertiary/aromatic N) is 3. The van der Waals surface area contributed by atoms with Gasteiger partial charge in [-0.15, -0.1) is 0 Å². The molecule has 0 saturated carbocycles. The summed E-state index contributed by atoms with van der Waals surface area (Å²) in [5, 5.41) is 11.2. The zero-order chi connectivity index (χ0) is 21.1. The standard InChI is InChI=1S/C20H21N3O6/c1-21(17-9-5-7-13-6-3-4-8-15(13)17)18(24)12-22-11-14(23(27)28)10-16(19(22)25)20(26)29-2/h3-4,6,8,10-11,17H,5,7,9,12H2,1-2H3. The van der Waals surface area contributed by atoms with Crippen LogP contribution in [0.25, 0.3) is 0 Å². The Morgan fingerprint density at radius 1 is 1.34 bits per heavy atom. The van der Waals surface area contributed by atoms with Crippen molar-refractivity contribution in [3.05, 3.63) is 73.7 Å². The van der Waals surface area contributed by atoms with Crippen molar-refractivity contribution >= 4 is 17.6 Å². The van der Waals surface area contributed by atoms with Crippen LogP contribution in [-0.4, -0.2) is 40.4 Å². The third kappa shape index (κ3) is 4.03. The van der Waals surface area contributed by atoms with Crippen molar-refractivity contribution in [2.75, 3.05) is 14.2 Å². The molecule has 2 aromatic rings. The second-order valence-electron chi connectivity index (χ2n) is 6.91. The van der Waals surface area contributed by atoms with E-state index in [9.17, 15) is 24.5 Å². The van der Waals surface area contributed by atoms with E-state index in [2.05, 4.69) is 4.74 Å². The van der Waals surface area contributed by atoms with Gasteiger partial charge in [0.05, 0.1) is 24.3 Å². The quantitative estimate of drug-likeness (QED) is 0.432. The first-order chi connectivity index (χ1) is 13.8. The van der Waals surface area contributed by atoms with Gasteiger partial charge in [-0.05, 0) is 30.4 Å². The number of amides is 1. The molecule has 29 heavy (non-hydrogen) atoms. The van der Waals surface area contributed by atoms with E-state index in [1.807, 2.05) is 24.3 Å². The van der Waals surface area contributed by atoms with Crippen LogP contribution in [0.4, 0.5) is 5.69 Å². The lowest BCUT2D eigenvalue weighted by Gasteiger charge is -2.33. The van der Waals surface area contributed by atoms with Gasteiger partial charge in [-0.1, -0.05) is 24.3 Å². The molecule has 1 aliphatic rings. The average Bonchev–Trinajstić information content (AvgIpc) is 2.73. The van der Waals surface area contributed by atoms with Crippen LogP contribution >= 0.6 is 0 Å². The molecule has 1 unspecified atom stereocenters. The molecule has 3 rings (SSSR count). The molecule has 0 N–H and O–H groups in total. The molecule has 0 saturated heterocycles. The Morgan fingerprint density at radius 2 is 2.07 bits per heavy atom. The van der Waals surface area contributed by atoms with E-state index < -0.39 is 34.2 Å². The van der Waals surface area contributed by atoms with Crippen molar-refractivity contribution in [1.82, 2.24) is 9.47 Å². The number of esters is 1. The number of carbonyl (C=O) groups is 2. The molecule has 152 valence electrons. The minimum absolute atomic E-state index is 0.137. The molecular formula is C20H21N3O6. The van der Waals surface area contributed by atoms with Gasteiger partial charge in [0.15, 0.2) is 0 Å². The van der Waals surface area contributed by atoms with E-state index in [0.29, 0.717) is 0 Å². The molecule has 0 bridgehead atoms. The van der Waals surface area contributed by atoms with Crippen molar-refractivity contribution in [2.24, 2.45) is 0 Å². The Morgan fingerprint density at radius 3 is 2.76 bits per heavy atom. The lowest BCUT2D eigenvalue weighted by atomic mass is 9.87. The molecule has 0 aliphatic heterocycles. The summed E-state index contributed by atoms with van der Waals surface area (Å²) in [6.45, 7) is -0.417. The van der Waals surface area contributed by atoms with E-state index in [4.69, 9.17) is 0 Å². The lowest BCUT2D eigenvalue weighted by Crippen LogP contribution is -2.38. The summed E-state index contributed by atoms with van der Waals surface area (Å²) in [6.07, 6.45) is 3.63. The van der Waals surface area contributed by atoms with Crippen molar-refractivity contribution in [1.29, 1.82) is 0 Å². The number of hydrogen-bond acceptors (Lipinski definition) is 6. The SMILES string of the molecule is COC(=O)c1cc([N+](=O)[O-])cn(CC(=O)N(C)C2CCCc3ccccc32)c1=O. The zero-order valence-electron chi connectivity index (χ0n) is 16.2. The average molecular weight is 399 g/mol. The Hall–Kier alpha value is -3.49. The molecule has 9 heteroatoms. The highest BCUT2D eigenvalue weighted by Crippen LogP contribution is 2.33. The fourth-order valence-electron chi connectivity index (χ4n) is 3.66. The molecular weight excluding hydrogens is 378 g/mol. The number of pyridine rings is 1. The van der Waals surface area contributed by atoms with E-state index >= 15 is 0 Å². The number of benzene rings is 1. The van der Waals surface area contributed by atoms with Crippen molar-refractivity contribution < 1.29 is 19.2 Å². The maximum absolute atomic E-state index is 12.9. The number of hydrogen-bond donors (Lipinski definition) is 0. The molecule has 9 nitrogen and oxygen atoms in total. The molecule has 1 aromatic heterocycles. The maximum Gasteiger partial charge on any atom is 0.343 e. The van der Waals surface area contributed by atoms with Crippen LogP contribution in [0.15, 0.2) is 41.3 Å². The smallest absolute Gasteiger partial charge is 0.343 e. The normalized spacial score (nSPS) is 15.3. The maximum atomic E-state index is 12.9. The molecule has 1 atom stereocenters. The number of carbonyl (C=O) groups excluding carboxylic acids is 2. The first-order valence-corrected chi connectivity index (χ1v) is 9.14. The third-order valence-electron chi connectivity index (χ3n) is 5.19. The number of nitro groups is 1. The Kier molecular flexibility index (Phi) is 5.76. The molecule has 0 spiro atoms. The van der Waals surface area contributed by atoms with E-state index in [0.717, 1.165) is 48.8 Å². The van der Waals surface area contributed by atoms with Crippen LogP contribution in [0.5, 0.6) is 0 Å². The zero-order valence-corrected chi connectivity index (χ0v) is 16.2. The Balaban J connectivity index is 1.91. The second kappa shape index (κ2) is 8.26. The highest BCUT2D eigenvalue weighted by atomic mass is 16.6. The predicted molar refractivity (Wildman–Crippen MR) is 104 cm³/mol. The summed E-state index contributed by atoms with van der Waals surface area (Å²) in [7, 11) is 2.73. The van der Waals surface area contributed by atoms with Gasteiger partial charge in [0.25, 0.3) is 11.2 Å². The topological polar surface area (TPSA) is 112 Å². The van der Waals surface area contributed by atoms with Gasteiger partial charge in [-0.25, -0.2) is 4.79 Å². The molecule has 0 fully saturated rings. The highest BCUT2D eigenvalue weighted by Gasteiger charge is 2.28. The van der Waals surface area contributed by atoms with E-state index in [1.165, 1.54) is 5.56 Å². The van der Waals surface area contributed by atoms with Gasteiger partial charge in [0.2, 0.25) is 5.91 Å². The summed E-state index contributed by atoms with van der Waals surface area (Å²) in [6, 6.07) is 8.62. The van der Waals surface area contributed by atoms with Crippen LogP contribution in [-0.2, 0) is 22.5 Å².